The number of aryl methyl sites for hydroxylation is 1. The maximum absolute atomic E-state index is 13.2. The molecule has 0 spiro atoms. The second-order valence-electron chi connectivity index (χ2n) is 4.93. The molecule has 1 atom stereocenters. The number of rotatable bonds is 3. The molecule has 2 amide bonds. The Balaban J connectivity index is 1.82. The zero-order valence-corrected chi connectivity index (χ0v) is 12.6. The number of hydrogen-bond acceptors (Lipinski definition) is 4. The highest BCUT2D eigenvalue weighted by Gasteiger charge is 2.40. The van der Waals surface area contributed by atoms with E-state index in [0.717, 1.165) is 22.2 Å². The number of nitrogens with one attached hydrogen (secondary N) is 1. The van der Waals surface area contributed by atoms with Crippen LogP contribution in [0.15, 0.2) is 48.5 Å². The molecule has 0 bridgehead atoms. The highest BCUT2D eigenvalue weighted by Crippen LogP contribution is 2.32. The molecule has 4 nitrogen and oxygen atoms in total. The molecule has 6 heteroatoms. The van der Waals surface area contributed by atoms with E-state index in [9.17, 15) is 14.0 Å². The third-order valence-corrected chi connectivity index (χ3v) is 4.17. The molecule has 2 aromatic carbocycles. The van der Waals surface area contributed by atoms with Gasteiger partial charge in [-0.25, -0.2) is 9.29 Å². The number of hydrogen-bond donors (Lipinski definition) is 1. The van der Waals surface area contributed by atoms with Gasteiger partial charge >= 0.3 is 0 Å². The van der Waals surface area contributed by atoms with Crippen LogP contribution in [0.25, 0.3) is 0 Å². The van der Waals surface area contributed by atoms with Gasteiger partial charge in [-0.1, -0.05) is 18.2 Å². The van der Waals surface area contributed by atoms with E-state index in [-0.39, 0.29) is 11.1 Å². The van der Waals surface area contributed by atoms with Crippen LogP contribution in [0.1, 0.15) is 5.56 Å². The van der Waals surface area contributed by atoms with Crippen molar-refractivity contribution >= 4 is 34.3 Å². The van der Waals surface area contributed by atoms with Gasteiger partial charge in [0.1, 0.15) is 5.82 Å². The normalized spacial score (nSPS) is 17.9. The Morgan fingerprint density at radius 3 is 2.64 bits per heavy atom. The first-order valence-electron chi connectivity index (χ1n) is 6.68. The second kappa shape index (κ2) is 5.81. The molecule has 1 aliphatic heterocycles. The molecule has 2 aromatic rings. The summed E-state index contributed by atoms with van der Waals surface area (Å²) in [5.74, 6) is -0.757. The average Bonchev–Trinajstić information content (AvgIpc) is 2.73. The number of thioether (sulfide) groups is 1. The molecule has 0 radical (unpaired) electrons. The topological polar surface area (TPSA) is 49.4 Å². The van der Waals surface area contributed by atoms with Crippen molar-refractivity contribution in [2.24, 2.45) is 0 Å². The number of amides is 2. The zero-order chi connectivity index (χ0) is 15.7. The molecule has 0 aromatic heterocycles. The molecule has 112 valence electrons. The van der Waals surface area contributed by atoms with Gasteiger partial charge in [0.05, 0.1) is 5.69 Å². The summed E-state index contributed by atoms with van der Waals surface area (Å²) in [6.45, 7) is 1.89. The quantitative estimate of drug-likeness (QED) is 0.936. The first-order valence-corrected chi connectivity index (χ1v) is 7.56. The highest BCUT2D eigenvalue weighted by atomic mass is 32.2. The van der Waals surface area contributed by atoms with Crippen LogP contribution in [0, 0.1) is 12.7 Å². The Morgan fingerprint density at radius 1 is 1.14 bits per heavy atom. The zero-order valence-electron chi connectivity index (χ0n) is 11.7. The third-order valence-electron chi connectivity index (χ3n) is 3.23. The molecule has 1 aliphatic rings. The van der Waals surface area contributed by atoms with Crippen LogP contribution in [0.2, 0.25) is 0 Å². The lowest BCUT2D eigenvalue weighted by molar-refractivity contribution is -0.116. The van der Waals surface area contributed by atoms with Crippen LogP contribution in [0.4, 0.5) is 20.6 Å². The van der Waals surface area contributed by atoms with Crippen molar-refractivity contribution in [1.82, 2.24) is 0 Å². The molecular formula is C16H13FN2O2S. The van der Waals surface area contributed by atoms with Crippen molar-refractivity contribution in [2.45, 2.75) is 12.3 Å². The van der Waals surface area contributed by atoms with Crippen LogP contribution >= 0.6 is 11.8 Å². The molecule has 1 N–H and O–H groups in total. The van der Waals surface area contributed by atoms with Crippen molar-refractivity contribution in [3.63, 3.8) is 0 Å². The standard InChI is InChI=1S/C16H13FN2O2S/c1-10-4-2-7-13(8-10)19-15(20)14(22-16(19)21)18-12-6-3-5-11(17)9-12/h2-9,14,18H,1H3/t14-/m0/s1. The number of anilines is 2. The van der Waals surface area contributed by atoms with Gasteiger partial charge in [0.15, 0.2) is 5.37 Å². The van der Waals surface area contributed by atoms with Crippen molar-refractivity contribution in [3.8, 4) is 0 Å². The fourth-order valence-corrected chi connectivity index (χ4v) is 3.14. The number of nitrogens with zero attached hydrogens (tertiary/aromatic N) is 1. The van der Waals surface area contributed by atoms with Crippen LogP contribution in [0.5, 0.6) is 0 Å². The number of benzene rings is 2. The molecule has 1 saturated heterocycles. The van der Waals surface area contributed by atoms with Gasteiger partial charge < -0.3 is 5.32 Å². The number of carbonyl (C=O) groups is 2. The monoisotopic (exact) mass is 316 g/mol. The van der Waals surface area contributed by atoms with Crippen LogP contribution in [0.3, 0.4) is 0 Å². The number of imide groups is 1. The summed E-state index contributed by atoms with van der Waals surface area (Å²) in [4.78, 5) is 25.7. The molecule has 0 saturated carbocycles. The summed E-state index contributed by atoms with van der Waals surface area (Å²) in [6, 6.07) is 13.0. The fraction of sp³-hybridized carbons (Fsp3) is 0.125. The second-order valence-corrected chi connectivity index (χ2v) is 5.99. The Hall–Kier alpha value is -2.34. The summed E-state index contributed by atoms with van der Waals surface area (Å²) in [7, 11) is 0. The Labute approximate surface area is 131 Å². The number of halogens is 1. The Kier molecular flexibility index (Phi) is 3.85. The van der Waals surface area contributed by atoms with E-state index < -0.39 is 11.2 Å². The molecule has 0 unspecified atom stereocenters. The predicted molar refractivity (Wildman–Crippen MR) is 85.5 cm³/mol. The van der Waals surface area contributed by atoms with Crippen molar-refractivity contribution in [3.05, 3.63) is 59.9 Å². The summed E-state index contributed by atoms with van der Waals surface area (Å²) in [5.41, 5.74) is 1.97. The van der Waals surface area contributed by atoms with Gasteiger partial charge in [0.25, 0.3) is 11.1 Å². The van der Waals surface area contributed by atoms with Crippen LogP contribution in [-0.2, 0) is 4.79 Å². The smallest absolute Gasteiger partial charge is 0.295 e. The molecule has 22 heavy (non-hydrogen) atoms. The summed E-state index contributed by atoms with van der Waals surface area (Å²) < 4.78 is 13.2. The largest absolute Gasteiger partial charge is 0.365 e. The lowest BCUT2D eigenvalue weighted by Crippen LogP contribution is -2.34. The minimum atomic E-state index is -0.755. The predicted octanol–water partition coefficient (Wildman–Crippen LogP) is 3.77. The summed E-state index contributed by atoms with van der Waals surface area (Å²) in [5, 5.41) is 1.79. The summed E-state index contributed by atoms with van der Waals surface area (Å²) in [6.07, 6.45) is 0. The first kappa shape index (κ1) is 14.6. The lowest BCUT2D eigenvalue weighted by Gasteiger charge is -2.15. The number of carbonyl (C=O) groups excluding carboxylic acids is 2. The molecule has 3 rings (SSSR count). The average molecular weight is 316 g/mol. The van der Waals surface area contributed by atoms with Gasteiger partial charge in [0, 0.05) is 5.69 Å². The van der Waals surface area contributed by atoms with Gasteiger partial charge in [-0.3, -0.25) is 9.59 Å². The molecule has 1 heterocycles. The molecule has 1 fully saturated rings. The van der Waals surface area contributed by atoms with Crippen LogP contribution in [-0.4, -0.2) is 16.5 Å². The fourth-order valence-electron chi connectivity index (χ4n) is 2.23. The van der Waals surface area contributed by atoms with Gasteiger partial charge in [-0.2, -0.15) is 0 Å². The Morgan fingerprint density at radius 2 is 1.91 bits per heavy atom. The highest BCUT2D eigenvalue weighted by molar-refractivity contribution is 8.16. The minimum Gasteiger partial charge on any atom is -0.365 e. The van der Waals surface area contributed by atoms with E-state index in [1.54, 1.807) is 30.3 Å². The van der Waals surface area contributed by atoms with Gasteiger partial charge in [0.2, 0.25) is 0 Å². The summed E-state index contributed by atoms with van der Waals surface area (Å²) >= 11 is 0.887. The third kappa shape index (κ3) is 2.82. The van der Waals surface area contributed by atoms with E-state index in [4.69, 9.17) is 0 Å². The first-order chi connectivity index (χ1) is 10.5. The maximum Gasteiger partial charge on any atom is 0.295 e. The van der Waals surface area contributed by atoms with E-state index in [1.807, 2.05) is 13.0 Å². The lowest BCUT2D eigenvalue weighted by atomic mass is 10.2. The Bertz CT molecular complexity index is 750. The SMILES string of the molecule is Cc1cccc(N2C(=O)S[C@H](Nc3cccc(F)c3)C2=O)c1. The van der Waals surface area contributed by atoms with E-state index in [2.05, 4.69) is 5.32 Å². The van der Waals surface area contributed by atoms with E-state index in [1.165, 1.54) is 12.1 Å². The van der Waals surface area contributed by atoms with Crippen molar-refractivity contribution < 1.29 is 14.0 Å². The van der Waals surface area contributed by atoms with Crippen LogP contribution < -0.4 is 10.2 Å². The van der Waals surface area contributed by atoms with E-state index >= 15 is 0 Å². The van der Waals surface area contributed by atoms with E-state index in [0.29, 0.717) is 11.4 Å². The van der Waals surface area contributed by atoms with Crippen molar-refractivity contribution in [1.29, 1.82) is 0 Å². The van der Waals surface area contributed by atoms with Crippen molar-refractivity contribution in [2.75, 3.05) is 10.2 Å². The molecular weight excluding hydrogens is 303 g/mol. The van der Waals surface area contributed by atoms with Gasteiger partial charge in [-0.15, -0.1) is 0 Å². The molecule has 0 aliphatic carbocycles. The minimum absolute atomic E-state index is 0.343. The van der Waals surface area contributed by atoms with Gasteiger partial charge in [-0.05, 0) is 54.6 Å². The maximum atomic E-state index is 13.2.